The lowest BCUT2D eigenvalue weighted by atomic mass is 10.1. The molecule has 0 fully saturated rings. The molecule has 0 bridgehead atoms. The van der Waals surface area contributed by atoms with E-state index in [2.05, 4.69) is 5.32 Å². The number of urea groups is 1. The molecule has 1 aromatic rings. The number of sulfonamides is 1. The van der Waals surface area contributed by atoms with Gasteiger partial charge in [-0.1, -0.05) is 12.1 Å². The Morgan fingerprint density at radius 3 is 2.52 bits per heavy atom. The standard InChI is InChI=1S/C14H23N3O5S/c1-17(9-12(18)10-22-2)14(19)16-8-7-11-3-5-13(6-4-11)23(15,20)21/h3-6,12,18H,7-10H2,1-2H3,(H,16,19)(H2,15,20,21)/t12-/m1/s1. The Balaban J connectivity index is 2.40. The van der Waals surface area contributed by atoms with Crippen molar-refractivity contribution in [1.29, 1.82) is 0 Å². The molecule has 9 heteroatoms. The first kappa shape index (κ1) is 19.4. The maximum atomic E-state index is 11.8. The summed E-state index contributed by atoms with van der Waals surface area (Å²) in [6.45, 7) is 0.717. The van der Waals surface area contributed by atoms with Crippen LogP contribution < -0.4 is 10.5 Å². The molecule has 2 amide bonds. The van der Waals surface area contributed by atoms with Crippen molar-refractivity contribution in [2.45, 2.75) is 17.4 Å². The molecule has 8 nitrogen and oxygen atoms in total. The van der Waals surface area contributed by atoms with E-state index in [1.54, 1.807) is 19.2 Å². The number of nitrogens with two attached hydrogens (primary N) is 1. The highest BCUT2D eigenvalue weighted by molar-refractivity contribution is 7.89. The molecule has 0 saturated heterocycles. The van der Waals surface area contributed by atoms with Crippen LogP contribution in [0, 0.1) is 0 Å². The number of hydrogen-bond acceptors (Lipinski definition) is 5. The highest BCUT2D eigenvalue weighted by Crippen LogP contribution is 2.08. The summed E-state index contributed by atoms with van der Waals surface area (Å²) in [6, 6.07) is 5.86. The molecule has 0 unspecified atom stereocenters. The Bertz CT molecular complexity index is 603. The third-order valence-corrected chi connectivity index (χ3v) is 4.06. The van der Waals surface area contributed by atoms with Crippen LogP contribution in [0.3, 0.4) is 0 Å². The minimum absolute atomic E-state index is 0.0529. The quantitative estimate of drug-likeness (QED) is 0.588. The fraction of sp³-hybridized carbons (Fsp3) is 0.500. The van der Waals surface area contributed by atoms with Gasteiger partial charge in [-0.2, -0.15) is 0 Å². The lowest BCUT2D eigenvalue weighted by Gasteiger charge is -2.20. The predicted molar refractivity (Wildman–Crippen MR) is 85.4 cm³/mol. The summed E-state index contributed by atoms with van der Waals surface area (Å²) in [5, 5.41) is 17.3. The number of methoxy groups -OCH3 is 1. The van der Waals surface area contributed by atoms with Gasteiger partial charge in [0.25, 0.3) is 0 Å². The first-order chi connectivity index (χ1) is 10.7. The van der Waals surface area contributed by atoms with Gasteiger partial charge < -0.3 is 20.1 Å². The first-order valence-corrected chi connectivity index (χ1v) is 8.56. The van der Waals surface area contributed by atoms with Gasteiger partial charge in [0.15, 0.2) is 0 Å². The van der Waals surface area contributed by atoms with Gasteiger partial charge in [0.05, 0.1) is 24.2 Å². The number of likely N-dealkylation sites (N-methyl/N-ethyl adjacent to an activating group) is 1. The molecule has 0 heterocycles. The molecule has 4 N–H and O–H groups in total. The maximum Gasteiger partial charge on any atom is 0.317 e. The maximum absolute atomic E-state index is 11.8. The largest absolute Gasteiger partial charge is 0.389 e. The molecule has 0 radical (unpaired) electrons. The molecule has 0 saturated carbocycles. The summed E-state index contributed by atoms with van der Waals surface area (Å²) in [7, 11) is -0.636. The summed E-state index contributed by atoms with van der Waals surface area (Å²) < 4.78 is 27.1. The molecule has 23 heavy (non-hydrogen) atoms. The third kappa shape index (κ3) is 6.95. The number of primary sulfonamides is 1. The Labute approximate surface area is 136 Å². The molecule has 1 rings (SSSR count). The topological polar surface area (TPSA) is 122 Å². The molecule has 0 aromatic heterocycles. The number of amides is 2. The fourth-order valence-corrected chi connectivity index (χ4v) is 2.45. The van der Waals surface area contributed by atoms with Crippen LogP contribution in [-0.2, 0) is 21.2 Å². The van der Waals surface area contributed by atoms with Crippen molar-refractivity contribution in [3.63, 3.8) is 0 Å². The normalized spacial score (nSPS) is 12.7. The van der Waals surface area contributed by atoms with Gasteiger partial charge in [0, 0.05) is 20.7 Å². The van der Waals surface area contributed by atoms with Crippen LogP contribution in [0.15, 0.2) is 29.2 Å². The van der Waals surface area contributed by atoms with Crippen LogP contribution in [0.25, 0.3) is 0 Å². The summed E-state index contributed by atoms with van der Waals surface area (Å²) in [5.74, 6) is 0. The van der Waals surface area contributed by atoms with Crippen LogP contribution in [0.5, 0.6) is 0 Å². The monoisotopic (exact) mass is 345 g/mol. The summed E-state index contributed by atoms with van der Waals surface area (Å²) in [4.78, 5) is 13.2. The number of carbonyl (C=O) groups is 1. The smallest absolute Gasteiger partial charge is 0.317 e. The summed E-state index contributed by atoms with van der Waals surface area (Å²) in [6.07, 6.45) is -0.188. The van der Waals surface area contributed by atoms with Crippen LogP contribution >= 0.6 is 0 Å². The number of aliphatic hydroxyl groups is 1. The second-order valence-corrected chi connectivity index (χ2v) is 6.72. The molecule has 0 aliphatic heterocycles. The Morgan fingerprint density at radius 2 is 2.00 bits per heavy atom. The zero-order valence-electron chi connectivity index (χ0n) is 13.2. The van der Waals surface area contributed by atoms with E-state index in [1.807, 2.05) is 0 Å². The van der Waals surface area contributed by atoms with Crippen molar-refractivity contribution in [3.05, 3.63) is 29.8 Å². The van der Waals surface area contributed by atoms with E-state index in [0.29, 0.717) is 13.0 Å². The number of nitrogens with zero attached hydrogens (tertiary/aromatic N) is 1. The predicted octanol–water partition coefficient (Wildman–Crippen LogP) is -0.475. The zero-order chi connectivity index (χ0) is 17.5. The second-order valence-electron chi connectivity index (χ2n) is 5.16. The molecule has 1 atom stereocenters. The fourth-order valence-electron chi connectivity index (χ4n) is 1.94. The van der Waals surface area contributed by atoms with Crippen LogP contribution in [-0.4, -0.2) is 64.4 Å². The van der Waals surface area contributed by atoms with E-state index in [1.165, 1.54) is 24.1 Å². The number of rotatable bonds is 8. The lowest BCUT2D eigenvalue weighted by Crippen LogP contribution is -2.42. The Hall–Kier alpha value is -1.68. The van der Waals surface area contributed by atoms with E-state index >= 15 is 0 Å². The molecule has 0 spiro atoms. The number of hydrogen-bond donors (Lipinski definition) is 3. The molecular formula is C14H23N3O5S. The number of aliphatic hydroxyl groups excluding tert-OH is 1. The molecule has 0 aliphatic carbocycles. The SMILES string of the molecule is COC[C@H](O)CN(C)C(=O)NCCc1ccc(S(N)(=O)=O)cc1. The number of nitrogens with one attached hydrogen (secondary N) is 1. The van der Waals surface area contributed by atoms with Crippen molar-refractivity contribution in [3.8, 4) is 0 Å². The van der Waals surface area contributed by atoms with Gasteiger partial charge in [0.2, 0.25) is 10.0 Å². The third-order valence-electron chi connectivity index (χ3n) is 3.13. The minimum atomic E-state index is -3.69. The number of carbonyl (C=O) groups excluding carboxylic acids is 1. The van der Waals surface area contributed by atoms with Crippen molar-refractivity contribution in [2.24, 2.45) is 5.14 Å². The van der Waals surface area contributed by atoms with Crippen molar-refractivity contribution in [2.75, 3.05) is 33.9 Å². The number of benzene rings is 1. The van der Waals surface area contributed by atoms with E-state index in [0.717, 1.165) is 5.56 Å². The second kappa shape index (κ2) is 8.82. The minimum Gasteiger partial charge on any atom is -0.389 e. The van der Waals surface area contributed by atoms with Gasteiger partial charge in [0.1, 0.15) is 0 Å². The highest BCUT2D eigenvalue weighted by Gasteiger charge is 2.13. The highest BCUT2D eigenvalue weighted by atomic mass is 32.2. The van der Waals surface area contributed by atoms with Crippen LogP contribution in [0.4, 0.5) is 4.79 Å². The lowest BCUT2D eigenvalue weighted by molar-refractivity contribution is 0.0490. The van der Waals surface area contributed by atoms with Crippen LogP contribution in [0.2, 0.25) is 0 Å². The zero-order valence-corrected chi connectivity index (χ0v) is 14.0. The van der Waals surface area contributed by atoms with Gasteiger partial charge in [-0.15, -0.1) is 0 Å². The van der Waals surface area contributed by atoms with E-state index in [4.69, 9.17) is 9.88 Å². The molecule has 1 aromatic carbocycles. The van der Waals surface area contributed by atoms with Crippen LogP contribution in [0.1, 0.15) is 5.56 Å². The van der Waals surface area contributed by atoms with E-state index in [9.17, 15) is 18.3 Å². The molecule has 130 valence electrons. The van der Waals surface area contributed by atoms with E-state index < -0.39 is 16.1 Å². The Kier molecular flexibility index (Phi) is 7.43. The van der Waals surface area contributed by atoms with Crippen molar-refractivity contribution < 1.29 is 23.1 Å². The van der Waals surface area contributed by atoms with Gasteiger partial charge in [-0.25, -0.2) is 18.4 Å². The van der Waals surface area contributed by atoms with Crippen molar-refractivity contribution in [1.82, 2.24) is 10.2 Å². The van der Waals surface area contributed by atoms with Gasteiger partial charge >= 0.3 is 6.03 Å². The summed E-state index contributed by atoms with van der Waals surface area (Å²) in [5.41, 5.74) is 0.875. The van der Waals surface area contributed by atoms with Gasteiger partial charge in [-0.3, -0.25) is 0 Å². The molecule has 0 aliphatic rings. The number of ether oxygens (including phenoxy) is 1. The summed E-state index contributed by atoms with van der Waals surface area (Å²) >= 11 is 0. The van der Waals surface area contributed by atoms with Gasteiger partial charge in [-0.05, 0) is 24.1 Å². The average Bonchev–Trinajstić information content (AvgIpc) is 2.46. The Morgan fingerprint density at radius 1 is 1.39 bits per heavy atom. The molecular weight excluding hydrogens is 322 g/mol. The average molecular weight is 345 g/mol. The first-order valence-electron chi connectivity index (χ1n) is 7.01. The van der Waals surface area contributed by atoms with Crippen molar-refractivity contribution >= 4 is 16.1 Å². The van der Waals surface area contributed by atoms with E-state index in [-0.39, 0.29) is 24.1 Å².